The third kappa shape index (κ3) is 5.57. The molecule has 4 aromatic rings. The number of nitriles is 1. The maximum absolute atomic E-state index is 16.9. The van der Waals surface area contributed by atoms with Crippen LogP contribution in [0.15, 0.2) is 36.5 Å². The Bertz CT molecular complexity index is 2110. The van der Waals surface area contributed by atoms with E-state index in [1.165, 1.54) is 30.5 Å². The number of nitrogens with zero attached hydrogens (tertiary/aromatic N) is 7. The van der Waals surface area contributed by atoms with Gasteiger partial charge in [-0.25, -0.2) is 13.2 Å². The third-order valence-corrected chi connectivity index (χ3v) is 11.5. The molecule has 9 rings (SSSR count). The number of halogens is 3. The zero-order chi connectivity index (χ0) is 35.0. The van der Waals surface area contributed by atoms with Crippen molar-refractivity contribution in [3.8, 4) is 29.1 Å². The first-order valence-corrected chi connectivity index (χ1v) is 17.7. The lowest BCUT2D eigenvalue weighted by Gasteiger charge is -2.41. The molecule has 11 nitrogen and oxygen atoms in total. The van der Waals surface area contributed by atoms with Crippen molar-refractivity contribution in [2.24, 2.45) is 5.92 Å². The van der Waals surface area contributed by atoms with Gasteiger partial charge in [0, 0.05) is 55.8 Å². The summed E-state index contributed by atoms with van der Waals surface area (Å²) in [6, 6.07) is 8.73. The molecule has 4 aliphatic heterocycles. The van der Waals surface area contributed by atoms with E-state index in [9.17, 15) is 19.6 Å². The van der Waals surface area contributed by atoms with Gasteiger partial charge in [-0.3, -0.25) is 20.0 Å². The SMILES string of the molecule is N#CC[C@H]1CN(c2nc(OC[C@@]34CCCN3C[C@H](F)C4)nc3c(F)c(-c4cc(O)cc5cccc(F)c45)ncc23)CCN1C(=O)[C@H]1N[C@H]1C1CC1. The fourth-order valence-corrected chi connectivity index (χ4v) is 8.75. The van der Waals surface area contributed by atoms with E-state index in [0.717, 1.165) is 32.2 Å². The van der Waals surface area contributed by atoms with Crippen molar-refractivity contribution < 1.29 is 27.8 Å². The van der Waals surface area contributed by atoms with E-state index < -0.39 is 29.4 Å². The molecule has 0 bridgehead atoms. The highest BCUT2D eigenvalue weighted by Crippen LogP contribution is 2.43. The topological polar surface area (TPSA) is 141 Å². The average Bonchev–Trinajstić information content (AvgIpc) is 4.03. The number of carbonyl (C=O) groups is 1. The van der Waals surface area contributed by atoms with Gasteiger partial charge in [-0.15, -0.1) is 0 Å². The van der Waals surface area contributed by atoms with E-state index in [4.69, 9.17) is 9.72 Å². The van der Waals surface area contributed by atoms with Crippen molar-refractivity contribution in [3.05, 3.63) is 48.2 Å². The molecule has 1 saturated carbocycles. The number of hydrogen-bond donors (Lipinski definition) is 2. The van der Waals surface area contributed by atoms with E-state index in [1.54, 1.807) is 11.0 Å². The molecule has 4 saturated heterocycles. The highest BCUT2D eigenvalue weighted by atomic mass is 19.1. The van der Waals surface area contributed by atoms with Crippen molar-refractivity contribution in [1.29, 1.82) is 5.26 Å². The summed E-state index contributed by atoms with van der Waals surface area (Å²) in [7, 11) is 0. The third-order valence-electron chi connectivity index (χ3n) is 11.5. The van der Waals surface area contributed by atoms with E-state index in [0.29, 0.717) is 43.2 Å². The Hall–Kier alpha value is -4.74. The standard InChI is InChI=1S/C37H37F3N8O3/c38-22-15-37(8-2-10-47(37)17-22)19-51-36-44-32-26(16-42-31(29(32)40)25-14-24(49)13-21-3-1-4-27(39)28(21)25)34(45-36)46-11-12-48(23(18-46)7-9-41)35(50)33-30(43-33)20-5-6-20/h1,3-4,13-14,16,20,22-23,30,33,43,49H,2,5-8,10-12,15,17-19H2/t22-,23+,30+,33+,37+/m1/s1. The van der Waals surface area contributed by atoms with Gasteiger partial charge < -0.3 is 19.6 Å². The molecule has 1 aliphatic carbocycles. The van der Waals surface area contributed by atoms with Crippen LogP contribution in [0.4, 0.5) is 19.0 Å². The number of benzene rings is 2. The van der Waals surface area contributed by atoms with Gasteiger partial charge in [-0.1, -0.05) is 12.1 Å². The second-order valence-electron chi connectivity index (χ2n) is 14.7. The zero-order valence-electron chi connectivity index (χ0n) is 27.9. The predicted octanol–water partition coefficient (Wildman–Crippen LogP) is 4.47. The Balaban J connectivity index is 1.11. The fraction of sp³-hybridized carbons (Fsp3) is 0.486. The molecule has 2 N–H and O–H groups in total. The molecule has 0 spiro atoms. The van der Waals surface area contributed by atoms with Crippen LogP contribution in [0.25, 0.3) is 32.9 Å². The number of carbonyl (C=O) groups excluding carboxylic acids is 1. The number of hydrogen-bond acceptors (Lipinski definition) is 10. The van der Waals surface area contributed by atoms with Crippen LogP contribution in [0.5, 0.6) is 11.8 Å². The molecule has 5 atom stereocenters. The fourth-order valence-electron chi connectivity index (χ4n) is 8.75. The van der Waals surface area contributed by atoms with E-state index >= 15 is 8.78 Å². The molecular formula is C37H37F3N8O3. The molecule has 2 aromatic heterocycles. The number of rotatable bonds is 8. The van der Waals surface area contributed by atoms with Crippen molar-refractivity contribution in [3.63, 3.8) is 0 Å². The van der Waals surface area contributed by atoms with Gasteiger partial charge in [0.1, 0.15) is 47.4 Å². The normalized spacial score (nSPS) is 27.6. The molecule has 1 amide bonds. The summed E-state index contributed by atoms with van der Waals surface area (Å²) < 4.78 is 52.9. The van der Waals surface area contributed by atoms with Crippen molar-refractivity contribution in [1.82, 2.24) is 30.1 Å². The van der Waals surface area contributed by atoms with Gasteiger partial charge in [0.15, 0.2) is 5.82 Å². The molecular weight excluding hydrogens is 661 g/mol. The van der Waals surface area contributed by atoms with E-state index in [-0.39, 0.29) is 76.9 Å². The monoisotopic (exact) mass is 698 g/mol. The highest BCUT2D eigenvalue weighted by molar-refractivity contribution is 6.00. The van der Waals surface area contributed by atoms with Crippen molar-refractivity contribution in [2.45, 2.75) is 68.4 Å². The first kappa shape index (κ1) is 32.2. The smallest absolute Gasteiger partial charge is 0.319 e. The Morgan fingerprint density at radius 3 is 2.84 bits per heavy atom. The largest absolute Gasteiger partial charge is 0.508 e. The summed E-state index contributed by atoms with van der Waals surface area (Å²) >= 11 is 0. The second-order valence-corrected chi connectivity index (χ2v) is 14.7. The van der Waals surface area contributed by atoms with Crippen molar-refractivity contribution >= 4 is 33.4 Å². The zero-order valence-corrected chi connectivity index (χ0v) is 27.9. The second kappa shape index (κ2) is 12.2. The molecule has 264 valence electrons. The lowest BCUT2D eigenvalue weighted by atomic mass is 9.95. The van der Waals surface area contributed by atoms with Crippen LogP contribution < -0.4 is 15.0 Å². The molecule has 0 unspecified atom stereocenters. The van der Waals surface area contributed by atoms with Crippen LogP contribution in [0, 0.1) is 28.9 Å². The highest BCUT2D eigenvalue weighted by Gasteiger charge is 2.53. The quantitative estimate of drug-likeness (QED) is 0.254. The summed E-state index contributed by atoms with van der Waals surface area (Å²) in [5.74, 6) is -0.770. The van der Waals surface area contributed by atoms with Gasteiger partial charge in [0.25, 0.3) is 0 Å². The molecule has 51 heavy (non-hydrogen) atoms. The number of amides is 1. The number of ether oxygens (including phenoxy) is 1. The molecule has 5 aliphatic rings. The first-order chi connectivity index (χ1) is 24.7. The van der Waals surface area contributed by atoms with E-state index in [2.05, 4.69) is 26.3 Å². The predicted molar refractivity (Wildman–Crippen MR) is 182 cm³/mol. The van der Waals surface area contributed by atoms with Crippen LogP contribution >= 0.6 is 0 Å². The van der Waals surface area contributed by atoms with Crippen LogP contribution in [0.2, 0.25) is 0 Å². The van der Waals surface area contributed by atoms with Gasteiger partial charge in [-0.2, -0.15) is 15.2 Å². The van der Waals surface area contributed by atoms with Gasteiger partial charge >= 0.3 is 6.01 Å². The Kier molecular flexibility index (Phi) is 7.70. The summed E-state index contributed by atoms with van der Waals surface area (Å²) in [4.78, 5) is 33.1. The minimum atomic E-state index is -0.966. The van der Waals surface area contributed by atoms with Gasteiger partial charge in [-0.05, 0) is 61.7 Å². The molecule has 2 aromatic carbocycles. The Morgan fingerprint density at radius 1 is 1.16 bits per heavy atom. The van der Waals surface area contributed by atoms with Crippen LogP contribution in [0.1, 0.15) is 38.5 Å². The number of piperazine rings is 1. The average molecular weight is 699 g/mol. The van der Waals surface area contributed by atoms with Gasteiger partial charge in [0.2, 0.25) is 5.91 Å². The lowest BCUT2D eigenvalue weighted by molar-refractivity contribution is -0.133. The number of alkyl halides is 1. The molecule has 0 radical (unpaired) electrons. The first-order valence-electron chi connectivity index (χ1n) is 17.7. The maximum atomic E-state index is 16.9. The summed E-state index contributed by atoms with van der Waals surface area (Å²) in [6.07, 6.45) is 4.81. The Morgan fingerprint density at radius 2 is 2.02 bits per heavy atom. The van der Waals surface area contributed by atoms with E-state index in [1.807, 2.05) is 4.90 Å². The number of fused-ring (bicyclic) bond motifs is 3. The maximum Gasteiger partial charge on any atom is 0.319 e. The van der Waals surface area contributed by atoms with Crippen LogP contribution in [-0.4, -0.2) is 105 Å². The molecule has 5 fully saturated rings. The van der Waals surface area contributed by atoms with Crippen LogP contribution in [-0.2, 0) is 4.79 Å². The molecule has 14 heteroatoms. The van der Waals surface area contributed by atoms with Crippen molar-refractivity contribution in [2.75, 3.05) is 44.2 Å². The number of phenols is 1. The minimum absolute atomic E-state index is 0.00519. The van der Waals surface area contributed by atoms with Crippen LogP contribution in [0.3, 0.4) is 0 Å². The number of phenolic OH excluding ortho intramolecular Hbond substituents is 1. The Labute approximate surface area is 292 Å². The minimum Gasteiger partial charge on any atom is -0.508 e. The number of anilines is 1. The number of pyridine rings is 1. The molecule has 6 heterocycles. The summed E-state index contributed by atoms with van der Waals surface area (Å²) in [5.41, 5.74) is -0.768. The number of nitrogens with one attached hydrogen (secondary N) is 1. The number of aromatic nitrogens is 3. The summed E-state index contributed by atoms with van der Waals surface area (Å²) in [6.45, 7) is 2.18. The summed E-state index contributed by atoms with van der Waals surface area (Å²) in [5, 5.41) is 24.3. The lowest BCUT2D eigenvalue weighted by Crippen LogP contribution is -2.56. The van der Waals surface area contributed by atoms with Gasteiger partial charge in [0.05, 0.1) is 29.5 Å². The number of aromatic hydroxyl groups is 1.